The maximum Gasteiger partial charge on any atom is 0.285 e. The van der Waals surface area contributed by atoms with Gasteiger partial charge in [0.05, 0.1) is 5.69 Å². The van der Waals surface area contributed by atoms with Gasteiger partial charge in [0.1, 0.15) is 5.56 Å². The number of rotatable bonds is 3. The van der Waals surface area contributed by atoms with Crippen LogP contribution in [0.15, 0.2) is 39.5 Å². The predicted octanol–water partition coefficient (Wildman–Crippen LogP) is 4.19. The van der Waals surface area contributed by atoms with Crippen LogP contribution in [-0.2, 0) is 5.41 Å². The van der Waals surface area contributed by atoms with E-state index in [0.29, 0.717) is 22.8 Å². The van der Waals surface area contributed by atoms with Crippen molar-refractivity contribution in [2.45, 2.75) is 51.9 Å². The zero-order valence-corrected chi connectivity index (χ0v) is 16.8. The lowest BCUT2D eigenvalue weighted by molar-refractivity contribution is 0.355. The number of benzene rings is 1. The number of aromatic nitrogens is 5. The molecule has 1 aromatic carbocycles. The van der Waals surface area contributed by atoms with Crippen molar-refractivity contribution in [3.63, 3.8) is 0 Å². The maximum absolute atomic E-state index is 13.3. The van der Waals surface area contributed by atoms with E-state index < -0.39 is 0 Å². The molecule has 7 heteroatoms. The van der Waals surface area contributed by atoms with Gasteiger partial charge >= 0.3 is 0 Å². The van der Waals surface area contributed by atoms with Gasteiger partial charge in [-0.1, -0.05) is 50.1 Å². The fourth-order valence-corrected chi connectivity index (χ4v) is 4.42. The Morgan fingerprint density at radius 2 is 1.79 bits per heavy atom. The molecule has 0 radical (unpaired) electrons. The standard InChI is InChI=1S/C22H23N5O2/c1-13-17(19-24-25-21(29-19)22(3)11-7-8-12-22)20(28)27-18(23-13)16(14(2)26-27)15-9-5-4-6-10-15/h4-6,9-10,26H,7-8,11-12H2,1-3H3. The summed E-state index contributed by atoms with van der Waals surface area (Å²) in [5.41, 5.74) is 4.01. The summed E-state index contributed by atoms with van der Waals surface area (Å²) in [6, 6.07) is 9.94. The van der Waals surface area contributed by atoms with Crippen molar-refractivity contribution < 1.29 is 4.42 Å². The maximum atomic E-state index is 13.3. The summed E-state index contributed by atoms with van der Waals surface area (Å²) in [4.78, 5) is 18.1. The van der Waals surface area contributed by atoms with Crippen molar-refractivity contribution in [2.24, 2.45) is 0 Å². The lowest BCUT2D eigenvalue weighted by atomic mass is 9.89. The molecule has 1 fully saturated rings. The molecule has 3 heterocycles. The average Bonchev–Trinajstić information content (AvgIpc) is 3.42. The summed E-state index contributed by atoms with van der Waals surface area (Å²) in [6.07, 6.45) is 4.38. The van der Waals surface area contributed by atoms with Crippen molar-refractivity contribution in [3.05, 3.63) is 58.0 Å². The topological polar surface area (TPSA) is 89.1 Å². The molecule has 0 saturated heterocycles. The first-order chi connectivity index (χ1) is 14.0. The van der Waals surface area contributed by atoms with E-state index in [-0.39, 0.29) is 16.9 Å². The molecule has 0 bridgehead atoms. The number of fused-ring (bicyclic) bond motifs is 1. The fourth-order valence-electron chi connectivity index (χ4n) is 4.42. The second-order valence-electron chi connectivity index (χ2n) is 8.19. The molecule has 1 N–H and O–H groups in total. The molecule has 0 atom stereocenters. The Bertz CT molecular complexity index is 1260. The van der Waals surface area contributed by atoms with Gasteiger partial charge in [-0.05, 0) is 32.3 Å². The first kappa shape index (κ1) is 17.8. The number of hydrogen-bond donors (Lipinski definition) is 1. The molecule has 29 heavy (non-hydrogen) atoms. The lowest BCUT2D eigenvalue weighted by Crippen LogP contribution is -2.19. The first-order valence-electron chi connectivity index (χ1n) is 10.00. The minimum atomic E-state index is -0.232. The third kappa shape index (κ3) is 2.72. The van der Waals surface area contributed by atoms with Crippen LogP contribution in [-0.4, -0.2) is 24.8 Å². The van der Waals surface area contributed by atoms with Crippen molar-refractivity contribution >= 4 is 5.65 Å². The number of aryl methyl sites for hydroxylation is 2. The highest BCUT2D eigenvalue weighted by molar-refractivity contribution is 5.80. The van der Waals surface area contributed by atoms with Gasteiger partial charge in [0.25, 0.3) is 11.4 Å². The van der Waals surface area contributed by atoms with Gasteiger partial charge in [-0.25, -0.2) is 9.50 Å². The molecular weight excluding hydrogens is 366 g/mol. The highest BCUT2D eigenvalue weighted by Gasteiger charge is 2.36. The van der Waals surface area contributed by atoms with Crippen LogP contribution in [0.2, 0.25) is 0 Å². The zero-order valence-electron chi connectivity index (χ0n) is 16.8. The summed E-state index contributed by atoms with van der Waals surface area (Å²) >= 11 is 0. The van der Waals surface area contributed by atoms with Crippen LogP contribution in [0.25, 0.3) is 28.2 Å². The number of hydrogen-bond acceptors (Lipinski definition) is 5. The van der Waals surface area contributed by atoms with Gasteiger partial charge in [-0.2, -0.15) is 0 Å². The molecule has 0 amide bonds. The van der Waals surface area contributed by atoms with Crippen molar-refractivity contribution in [1.29, 1.82) is 0 Å². The highest BCUT2D eigenvalue weighted by atomic mass is 16.4. The normalized spacial score (nSPS) is 16.0. The molecule has 148 valence electrons. The smallest absolute Gasteiger partial charge is 0.285 e. The van der Waals surface area contributed by atoms with Gasteiger partial charge in [0.2, 0.25) is 5.89 Å². The number of aromatic amines is 1. The van der Waals surface area contributed by atoms with E-state index in [9.17, 15) is 4.79 Å². The largest absolute Gasteiger partial charge is 0.420 e. The minimum absolute atomic E-state index is 0.101. The predicted molar refractivity (Wildman–Crippen MR) is 110 cm³/mol. The first-order valence-corrected chi connectivity index (χ1v) is 10.00. The van der Waals surface area contributed by atoms with E-state index in [2.05, 4.69) is 22.2 Å². The molecule has 1 saturated carbocycles. The summed E-state index contributed by atoms with van der Waals surface area (Å²) in [6.45, 7) is 5.91. The lowest BCUT2D eigenvalue weighted by Gasteiger charge is -2.17. The molecular formula is C22H23N5O2. The second kappa shape index (κ2) is 6.40. The Morgan fingerprint density at radius 1 is 1.07 bits per heavy atom. The second-order valence-corrected chi connectivity index (χ2v) is 8.19. The molecule has 0 unspecified atom stereocenters. The number of nitrogens with zero attached hydrogens (tertiary/aromatic N) is 4. The van der Waals surface area contributed by atoms with Crippen LogP contribution in [0.1, 0.15) is 49.9 Å². The number of nitrogens with one attached hydrogen (secondary N) is 1. The van der Waals surface area contributed by atoms with E-state index in [4.69, 9.17) is 9.40 Å². The quantitative estimate of drug-likeness (QED) is 0.567. The van der Waals surface area contributed by atoms with Crippen molar-refractivity contribution in [3.8, 4) is 22.6 Å². The molecule has 7 nitrogen and oxygen atoms in total. The molecule has 0 spiro atoms. The Morgan fingerprint density at radius 3 is 2.52 bits per heavy atom. The minimum Gasteiger partial charge on any atom is -0.420 e. The molecule has 1 aliphatic rings. The Balaban J connectivity index is 1.67. The fraction of sp³-hybridized carbons (Fsp3) is 0.364. The van der Waals surface area contributed by atoms with Crippen LogP contribution in [0, 0.1) is 13.8 Å². The Labute approximate surface area is 167 Å². The summed E-state index contributed by atoms with van der Waals surface area (Å²) < 4.78 is 7.47. The van der Waals surface area contributed by atoms with Crippen LogP contribution >= 0.6 is 0 Å². The molecule has 3 aromatic heterocycles. The third-order valence-electron chi connectivity index (χ3n) is 6.07. The monoisotopic (exact) mass is 389 g/mol. The van der Waals surface area contributed by atoms with Crippen LogP contribution in [0.4, 0.5) is 0 Å². The van der Waals surface area contributed by atoms with E-state index in [1.54, 1.807) is 0 Å². The molecule has 1 aliphatic carbocycles. The average molecular weight is 389 g/mol. The van der Waals surface area contributed by atoms with Gasteiger partial charge in [-0.15, -0.1) is 10.2 Å². The van der Waals surface area contributed by atoms with Gasteiger partial charge < -0.3 is 4.42 Å². The van der Waals surface area contributed by atoms with E-state index in [1.165, 1.54) is 4.52 Å². The summed E-state index contributed by atoms with van der Waals surface area (Å²) in [5, 5.41) is 11.6. The van der Waals surface area contributed by atoms with E-state index >= 15 is 0 Å². The van der Waals surface area contributed by atoms with E-state index in [0.717, 1.165) is 42.5 Å². The van der Waals surface area contributed by atoms with Crippen molar-refractivity contribution in [1.82, 2.24) is 24.8 Å². The van der Waals surface area contributed by atoms with Gasteiger partial charge in [-0.3, -0.25) is 9.89 Å². The van der Waals surface area contributed by atoms with Gasteiger partial charge in [0.15, 0.2) is 5.65 Å². The van der Waals surface area contributed by atoms with Crippen LogP contribution in [0.5, 0.6) is 0 Å². The van der Waals surface area contributed by atoms with Crippen LogP contribution < -0.4 is 5.56 Å². The summed E-state index contributed by atoms with van der Waals surface area (Å²) in [5.74, 6) is 0.854. The van der Waals surface area contributed by atoms with E-state index in [1.807, 2.05) is 44.2 Å². The van der Waals surface area contributed by atoms with Crippen LogP contribution in [0.3, 0.4) is 0 Å². The Hall–Kier alpha value is -3.22. The third-order valence-corrected chi connectivity index (χ3v) is 6.07. The van der Waals surface area contributed by atoms with Gasteiger partial charge in [0, 0.05) is 16.7 Å². The highest BCUT2D eigenvalue weighted by Crippen LogP contribution is 2.40. The molecule has 0 aliphatic heterocycles. The number of H-pyrrole nitrogens is 1. The summed E-state index contributed by atoms with van der Waals surface area (Å²) in [7, 11) is 0. The Kier molecular flexibility index (Phi) is 3.94. The molecule has 5 rings (SSSR count). The SMILES string of the molecule is Cc1nc2c(-c3ccccc3)c(C)[nH]n2c(=O)c1-c1nnc(C2(C)CCCC2)o1. The van der Waals surface area contributed by atoms with Crippen molar-refractivity contribution in [2.75, 3.05) is 0 Å². The zero-order chi connectivity index (χ0) is 20.2. The molecule has 4 aromatic rings.